The maximum atomic E-state index is 11.9. The first-order valence-electron chi connectivity index (χ1n) is 6.38. The number of hydrogen-bond donors (Lipinski definition) is 2. The van der Waals surface area contributed by atoms with Gasteiger partial charge in [-0.1, -0.05) is 24.3 Å². The monoisotopic (exact) mass is 274 g/mol. The van der Waals surface area contributed by atoms with E-state index in [-0.39, 0.29) is 5.91 Å². The molecule has 0 aliphatic rings. The van der Waals surface area contributed by atoms with Crippen molar-refractivity contribution in [2.75, 3.05) is 18.9 Å². The number of rotatable bonds is 6. The molecule has 0 aliphatic carbocycles. The second-order valence-corrected chi connectivity index (χ2v) is 5.23. The number of amides is 1. The maximum absolute atomic E-state index is 11.9. The number of benzene rings is 1. The summed E-state index contributed by atoms with van der Waals surface area (Å²) in [7, 11) is 1.89. The van der Waals surface area contributed by atoms with Gasteiger partial charge in [-0.15, -0.1) is 11.3 Å². The molecule has 1 aromatic heterocycles. The van der Waals surface area contributed by atoms with Gasteiger partial charge in [0.1, 0.15) is 0 Å². The average molecular weight is 274 g/mol. The Hall–Kier alpha value is -1.65. The molecule has 0 aliphatic heterocycles. The molecule has 2 N–H and O–H groups in total. The number of nitrogens with one attached hydrogen (secondary N) is 2. The molecule has 1 heterocycles. The van der Waals surface area contributed by atoms with Crippen molar-refractivity contribution in [1.29, 1.82) is 0 Å². The molecule has 0 saturated carbocycles. The zero-order chi connectivity index (χ0) is 13.5. The van der Waals surface area contributed by atoms with Gasteiger partial charge in [-0.2, -0.15) is 0 Å². The van der Waals surface area contributed by atoms with Gasteiger partial charge in [0.15, 0.2) is 0 Å². The highest BCUT2D eigenvalue weighted by Gasteiger charge is 2.08. The number of anilines is 1. The fourth-order valence-corrected chi connectivity index (χ4v) is 2.64. The Morgan fingerprint density at radius 2 is 2.05 bits per heavy atom. The summed E-state index contributed by atoms with van der Waals surface area (Å²) >= 11 is 1.68. The lowest BCUT2D eigenvalue weighted by Crippen LogP contribution is -2.15. The van der Waals surface area contributed by atoms with Crippen LogP contribution >= 0.6 is 11.3 Å². The molecular weight excluding hydrogens is 256 g/mol. The summed E-state index contributed by atoms with van der Waals surface area (Å²) in [5.41, 5.74) is 1.97. The van der Waals surface area contributed by atoms with Crippen LogP contribution in [0.4, 0.5) is 5.69 Å². The van der Waals surface area contributed by atoms with E-state index in [4.69, 9.17) is 0 Å². The lowest BCUT2D eigenvalue weighted by atomic mass is 10.1. The largest absolute Gasteiger partial charge is 0.325 e. The van der Waals surface area contributed by atoms with Gasteiger partial charge in [-0.3, -0.25) is 4.79 Å². The summed E-state index contributed by atoms with van der Waals surface area (Å²) < 4.78 is 0. The Morgan fingerprint density at radius 1 is 1.21 bits per heavy atom. The third-order valence-corrected chi connectivity index (χ3v) is 3.72. The molecule has 0 fully saturated rings. The van der Waals surface area contributed by atoms with Crippen LogP contribution in [-0.4, -0.2) is 19.5 Å². The molecule has 2 rings (SSSR count). The summed E-state index contributed by atoms with van der Waals surface area (Å²) in [6.07, 6.45) is 1.39. The molecule has 1 aromatic carbocycles. The van der Waals surface area contributed by atoms with Crippen LogP contribution in [-0.2, 0) is 4.79 Å². The summed E-state index contributed by atoms with van der Waals surface area (Å²) in [6.45, 7) is 0.861. The van der Waals surface area contributed by atoms with Crippen LogP contribution in [0.25, 0.3) is 10.4 Å². The van der Waals surface area contributed by atoms with Crippen molar-refractivity contribution in [3.63, 3.8) is 0 Å². The first kappa shape index (κ1) is 13.8. The van der Waals surface area contributed by atoms with E-state index in [1.807, 2.05) is 42.8 Å². The van der Waals surface area contributed by atoms with E-state index in [1.165, 1.54) is 4.88 Å². The average Bonchev–Trinajstić information content (AvgIpc) is 2.93. The minimum absolute atomic E-state index is 0.0688. The molecule has 0 atom stereocenters. The normalized spacial score (nSPS) is 10.4. The minimum atomic E-state index is 0.0688. The molecule has 0 radical (unpaired) electrons. The number of hydrogen-bond acceptors (Lipinski definition) is 3. The summed E-state index contributed by atoms with van der Waals surface area (Å²) in [4.78, 5) is 13.0. The standard InChI is InChI=1S/C15H18N2OS/c1-16-10-4-9-15(18)17-13-7-3-2-6-12(13)14-8-5-11-19-14/h2-3,5-8,11,16H,4,9-10H2,1H3,(H,17,18). The zero-order valence-corrected chi connectivity index (χ0v) is 11.8. The minimum Gasteiger partial charge on any atom is -0.325 e. The molecular formula is C15H18N2OS. The first-order valence-corrected chi connectivity index (χ1v) is 7.26. The van der Waals surface area contributed by atoms with E-state index < -0.39 is 0 Å². The predicted octanol–water partition coefficient (Wildman–Crippen LogP) is 3.35. The number of carbonyl (C=O) groups excluding carboxylic acids is 1. The number of para-hydroxylation sites is 1. The van der Waals surface area contributed by atoms with Crippen LogP contribution in [0.2, 0.25) is 0 Å². The van der Waals surface area contributed by atoms with Crippen molar-refractivity contribution >= 4 is 22.9 Å². The van der Waals surface area contributed by atoms with Crippen LogP contribution in [0.1, 0.15) is 12.8 Å². The molecule has 0 saturated heterocycles. The Bertz CT molecular complexity index is 523. The second kappa shape index (κ2) is 7.07. The fraction of sp³-hybridized carbons (Fsp3) is 0.267. The molecule has 2 aromatic rings. The number of thiophene rings is 1. The highest BCUT2D eigenvalue weighted by Crippen LogP contribution is 2.31. The van der Waals surface area contributed by atoms with Gasteiger partial charge >= 0.3 is 0 Å². The van der Waals surface area contributed by atoms with Gasteiger partial charge in [-0.25, -0.2) is 0 Å². The van der Waals surface area contributed by atoms with Crippen molar-refractivity contribution in [3.05, 3.63) is 41.8 Å². The summed E-state index contributed by atoms with van der Waals surface area (Å²) in [6, 6.07) is 12.0. The summed E-state index contributed by atoms with van der Waals surface area (Å²) in [5, 5.41) is 8.08. The highest BCUT2D eigenvalue weighted by atomic mass is 32.1. The van der Waals surface area contributed by atoms with Crippen molar-refractivity contribution < 1.29 is 4.79 Å². The molecule has 0 bridgehead atoms. The van der Waals surface area contributed by atoms with Crippen molar-refractivity contribution in [3.8, 4) is 10.4 Å². The van der Waals surface area contributed by atoms with Crippen LogP contribution in [0.5, 0.6) is 0 Å². The fourth-order valence-electron chi connectivity index (χ4n) is 1.88. The van der Waals surface area contributed by atoms with Crippen molar-refractivity contribution in [2.24, 2.45) is 0 Å². The Kier molecular flexibility index (Phi) is 5.12. The van der Waals surface area contributed by atoms with E-state index in [0.29, 0.717) is 6.42 Å². The Balaban J connectivity index is 2.06. The molecule has 4 heteroatoms. The van der Waals surface area contributed by atoms with Gasteiger partial charge in [-0.05, 0) is 37.5 Å². The maximum Gasteiger partial charge on any atom is 0.224 e. The van der Waals surface area contributed by atoms with Gasteiger partial charge in [0.25, 0.3) is 0 Å². The van der Waals surface area contributed by atoms with Crippen LogP contribution in [0.15, 0.2) is 41.8 Å². The smallest absolute Gasteiger partial charge is 0.224 e. The van der Waals surface area contributed by atoms with Crippen molar-refractivity contribution in [2.45, 2.75) is 12.8 Å². The van der Waals surface area contributed by atoms with Crippen molar-refractivity contribution in [1.82, 2.24) is 5.32 Å². The molecule has 0 spiro atoms. The zero-order valence-electron chi connectivity index (χ0n) is 11.0. The van der Waals surface area contributed by atoms with Gasteiger partial charge in [0, 0.05) is 22.5 Å². The SMILES string of the molecule is CNCCCC(=O)Nc1ccccc1-c1cccs1. The van der Waals surface area contributed by atoms with Gasteiger partial charge in [0.2, 0.25) is 5.91 Å². The highest BCUT2D eigenvalue weighted by molar-refractivity contribution is 7.13. The summed E-state index contributed by atoms with van der Waals surface area (Å²) in [5.74, 6) is 0.0688. The molecule has 0 unspecified atom stereocenters. The Labute approximate surface area is 117 Å². The van der Waals surface area contributed by atoms with E-state index >= 15 is 0 Å². The van der Waals surface area contributed by atoms with Gasteiger partial charge < -0.3 is 10.6 Å². The molecule has 1 amide bonds. The molecule has 3 nitrogen and oxygen atoms in total. The van der Waals surface area contributed by atoms with Crippen LogP contribution in [0.3, 0.4) is 0 Å². The van der Waals surface area contributed by atoms with Crippen LogP contribution in [0, 0.1) is 0 Å². The van der Waals surface area contributed by atoms with E-state index in [0.717, 1.165) is 24.2 Å². The predicted molar refractivity (Wildman–Crippen MR) is 81.5 cm³/mol. The number of carbonyl (C=O) groups is 1. The second-order valence-electron chi connectivity index (χ2n) is 4.28. The molecule has 100 valence electrons. The Morgan fingerprint density at radius 3 is 2.79 bits per heavy atom. The van der Waals surface area contributed by atoms with E-state index in [9.17, 15) is 4.79 Å². The van der Waals surface area contributed by atoms with Crippen LogP contribution < -0.4 is 10.6 Å². The topological polar surface area (TPSA) is 41.1 Å². The van der Waals surface area contributed by atoms with Gasteiger partial charge in [0.05, 0.1) is 0 Å². The lowest BCUT2D eigenvalue weighted by Gasteiger charge is -2.09. The first-order chi connectivity index (χ1) is 9.31. The molecule has 19 heavy (non-hydrogen) atoms. The van der Waals surface area contributed by atoms with E-state index in [2.05, 4.69) is 16.7 Å². The third-order valence-electron chi connectivity index (χ3n) is 2.82. The third kappa shape index (κ3) is 3.91. The van der Waals surface area contributed by atoms with E-state index in [1.54, 1.807) is 11.3 Å². The lowest BCUT2D eigenvalue weighted by molar-refractivity contribution is -0.116. The quantitative estimate of drug-likeness (QED) is 0.793.